The van der Waals surface area contributed by atoms with Crippen LogP contribution in [-0.2, 0) is 0 Å². The minimum Gasteiger partial charge on any atom is -0.310 e. The van der Waals surface area contributed by atoms with E-state index in [0.717, 1.165) is 18.5 Å². The van der Waals surface area contributed by atoms with E-state index in [1.54, 1.807) is 6.07 Å². The van der Waals surface area contributed by atoms with Gasteiger partial charge < -0.3 is 5.32 Å². The maximum atomic E-state index is 6.03. The van der Waals surface area contributed by atoms with Gasteiger partial charge in [0.25, 0.3) is 0 Å². The van der Waals surface area contributed by atoms with E-state index >= 15 is 0 Å². The van der Waals surface area contributed by atoms with Gasteiger partial charge in [0.15, 0.2) is 0 Å². The van der Waals surface area contributed by atoms with Crippen LogP contribution in [0.4, 0.5) is 0 Å². The van der Waals surface area contributed by atoms with Gasteiger partial charge in [0, 0.05) is 11.6 Å². The fourth-order valence-electron chi connectivity index (χ4n) is 1.80. The summed E-state index contributed by atoms with van der Waals surface area (Å²) in [5.74, 6) is 0. The van der Waals surface area contributed by atoms with Crippen LogP contribution >= 0.6 is 35.6 Å². The van der Waals surface area contributed by atoms with Crippen molar-refractivity contribution in [2.24, 2.45) is 0 Å². The molecule has 15 heavy (non-hydrogen) atoms. The molecule has 2 rings (SSSR count). The summed E-state index contributed by atoms with van der Waals surface area (Å²) in [5.41, 5.74) is 1.07. The minimum absolute atomic E-state index is 0. The average molecular weight is 268 g/mol. The first-order chi connectivity index (χ1) is 6.77. The van der Waals surface area contributed by atoms with Crippen molar-refractivity contribution in [1.82, 2.24) is 10.3 Å². The molecule has 0 aromatic carbocycles. The van der Waals surface area contributed by atoms with Crippen LogP contribution < -0.4 is 5.32 Å². The van der Waals surface area contributed by atoms with Crippen molar-refractivity contribution in [3.63, 3.8) is 0 Å². The lowest BCUT2D eigenvalue weighted by Crippen LogP contribution is -2.27. The number of rotatable bonds is 1. The zero-order valence-electron chi connectivity index (χ0n) is 8.17. The molecule has 5 heteroatoms. The Bertz CT molecular complexity index is 324. The van der Waals surface area contributed by atoms with Crippen molar-refractivity contribution in [2.45, 2.75) is 25.3 Å². The van der Waals surface area contributed by atoms with Crippen LogP contribution in [0.15, 0.2) is 12.1 Å². The van der Waals surface area contributed by atoms with Crippen molar-refractivity contribution in [3.8, 4) is 0 Å². The van der Waals surface area contributed by atoms with E-state index in [1.807, 2.05) is 6.07 Å². The summed E-state index contributed by atoms with van der Waals surface area (Å²) < 4.78 is 0. The van der Waals surface area contributed by atoms with Crippen LogP contribution in [0, 0.1) is 0 Å². The van der Waals surface area contributed by atoms with E-state index < -0.39 is 0 Å². The highest BCUT2D eigenvalue weighted by atomic mass is 35.5. The third-order valence-electron chi connectivity index (χ3n) is 2.53. The van der Waals surface area contributed by atoms with Crippen molar-refractivity contribution in [1.29, 1.82) is 0 Å². The summed E-state index contributed by atoms with van der Waals surface area (Å²) in [4.78, 5) is 4.04. The van der Waals surface area contributed by atoms with Gasteiger partial charge in [-0.25, -0.2) is 4.98 Å². The molecule has 1 saturated heterocycles. The standard InChI is InChI=1S/C10H12Cl2N2.ClH/c11-9-5-4-7(10(12)14-9)8-3-1-2-6-13-8;/h4-5,8,13H,1-3,6H2;1H/t8-;/m1./s1. The topological polar surface area (TPSA) is 24.9 Å². The van der Waals surface area contributed by atoms with Gasteiger partial charge in [-0.1, -0.05) is 35.7 Å². The number of hydrogen-bond donors (Lipinski definition) is 1. The fourth-order valence-corrected chi connectivity index (χ4v) is 2.28. The largest absolute Gasteiger partial charge is 0.310 e. The molecule has 1 fully saturated rings. The maximum Gasteiger partial charge on any atom is 0.135 e. The van der Waals surface area contributed by atoms with Crippen LogP contribution in [0.5, 0.6) is 0 Å². The lowest BCUT2D eigenvalue weighted by atomic mass is 9.99. The van der Waals surface area contributed by atoms with Crippen LogP contribution in [0.3, 0.4) is 0 Å². The molecule has 0 unspecified atom stereocenters. The van der Waals surface area contributed by atoms with Crippen molar-refractivity contribution < 1.29 is 0 Å². The molecule has 0 spiro atoms. The third kappa shape index (κ3) is 3.22. The van der Waals surface area contributed by atoms with Gasteiger partial charge in [-0.05, 0) is 25.5 Å². The van der Waals surface area contributed by atoms with E-state index in [-0.39, 0.29) is 12.4 Å². The summed E-state index contributed by atoms with van der Waals surface area (Å²) in [6, 6.07) is 4.10. The number of aromatic nitrogens is 1. The Balaban J connectivity index is 0.00000112. The third-order valence-corrected chi connectivity index (χ3v) is 3.04. The second kappa shape index (κ2) is 5.90. The lowest BCUT2D eigenvalue weighted by molar-refractivity contribution is 0.412. The smallest absolute Gasteiger partial charge is 0.135 e. The highest BCUT2D eigenvalue weighted by Gasteiger charge is 2.17. The molecular weight excluding hydrogens is 254 g/mol. The molecule has 1 aliphatic heterocycles. The summed E-state index contributed by atoms with van der Waals surface area (Å²) in [6.07, 6.45) is 3.62. The van der Waals surface area contributed by atoms with Crippen LogP contribution in [-0.4, -0.2) is 11.5 Å². The van der Waals surface area contributed by atoms with E-state index in [2.05, 4.69) is 10.3 Å². The minimum atomic E-state index is 0. The number of piperidine rings is 1. The molecule has 84 valence electrons. The van der Waals surface area contributed by atoms with E-state index in [0.29, 0.717) is 16.3 Å². The molecule has 2 nitrogen and oxygen atoms in total. The molecule has 0 radical (unpaired) electrons. The Labute approximate surface area is 106 Å². The zero-order valence-corrected chi connectivity index (χ0v) is 10.5. The van der Waals surface area contributed by atoms with Crippen molar-refractivity contribution >= 4 is 35.6 Å². The molecule has 1 aliphatic rings. The summed E-state index contributed by atoms with van der Waals surface area (Å²) in [6.45, 7) is 1.06. The van der Waals surface area contributed by atoms with Gasteiger partial charge in [-0.2, -0.15) is 0 Å². The van der Waals surface area contributed by atoms with E-state index in [1.165, 1.54) is 12.8 Å². The molecule has 0 bridgehead atoms. The first-order valence-corrected chi connectivity index (χ1v) is 5.58. The normalized spacial score (nSPS) is 20.8. The summed E-state index contributed by atoms with van der Waals surface area (Å²) in [5, 5.41) is 4.41. The molecule has 1 N–H and O–H groups in total. The molecule has 2 heterocycles. The van der Waals surface area contributed by atoms with Crippen molar-refractivity contribution in [2.75, 3.05) is 6.54 Å². The molecule has 1 aromatic rings. The molecule has 0 aliphatic carbocycles. The molecule has 0 amide bonds. The summed E-state index contributed by atoms with van der Waals surface area (Å²) >= 11 is 11.8. The van der Waals surface area contributed by atoms with Crippen LogP contribution in [0.1, 0.15) is 30.9 Å². The first kappa shape index (κ1) is 13.0. The Morgan fingerprint density at radius 2 is 2.07 bits per heavy atom. The molecule has 1 aromatic heterocycles. The lowest BCUT2D eigenvalue weighted by Gasteiger charge is -2.24. The number of hydrogen-bond acceptors (Lipinski definition) is 2. The number of pyridine rings is 1. The Morgan fingerprint density at radius 3 is 2.67 bits per heavy atom. The summed E-state index contributed by atoms with van der Waals surface area (Å²) in [7, 11) is 0. The van der Waals surface area contributed by atoms with Crippen molar-refractivity contribution in [3.05, 3.63) is 28.0 Å². The zero-order chi connectivity index (χ0) is 9.97. The van der Waals surface area contributed by atoms with Gasteiger partial charge >= 0.3 is 0 Å². The molecule has 1 atom stereocenters. The highest BCUT2D eigenvalue weighted by molar-refractivity contribution is 6.32. The highest BCUT2D eigenvalue weighted by Crippen LogP contribution is 2.28. The second-order valence-electron chi connectivity index (χ2n) is 3.52. The monoisotopic (exact) mass is 266 g/mol. The van der Waals surface area contributed by atoms with Gasteiger partial charge in [-0.3, -0.25) is 0 Å². The Kier molecular flexibility index (Phi) is 5.13. The SMILES string of the molecule is Cl.Clc1ccc([C@H]2CCCCN2)c(Cl)n1. The molecule has 0 saturated carbocycles. The number of nitrogens with one attached hydrogen (secondary N) is 1. The van der Waals surface area contributed by atoms with Crippen LogP contribution in [0.2, 0.25) is 10.3 Å². The average Bonchev–Trinajstić information content (AvgIpc) is 2.19. The Morgan fingerprint density at radius 1 is 1.27 bits per heavy atom. The predicted octanol–water partition coefficient (Wildman–Crippen LogP) is 3.62. The maximum absolute atomic E-state index is 6.03. The van der Waals surface area contributed by atoms with Gasteiger partial charge in [0.2, 0.25) is 0 Å². The number of halogens is 3. The van der Waals surface area contributed by atoms with Gasteiger partial charge in [-0.15, -0.1) is 12.4 Å². The second-order valence-corrected chi connectivity index (χ2v) is 4.26. The fraction of sp³-hybridized carbons (Fsp3) is 0.500. The predicted molar refractivity (Wildman–Crippen MR) is 66.1 cm³/mol. The van der Waals surface area contributed by atoms with Crippen LogP contribution in [0.25, 0.3) is 0 Å². The van der Waals surface area contributed by atoms with Gasteiger partial charge in [0.05, 0.1) is 0 Å². The first-order valence-electron chi connectivity index (χ1n) is 4.83. The van der Waals surface area contributed by atoms with E-state index in [4.69, 9.17) is 23.2 Å². The van der Waals surface area contributed by atoms with E-state index in [9.17, 15) is 0 Å². The number of nitrogens with zero attached hydrogens (tertiary/aromatic N) is 1. The molecular formula is C10H13Cl3N2. The van der Waals surface area contributed by atoms with Gasteiger partial charge in [0.1, 0.15) is 10.3 Å². The quantitative estimate of drug-likeness (QED) is 0.786. The Hall–Kier alpha value is -0.0200.